The lowest BCUT2D eigenvalue weighted by atomic mass is 10.00. The van der Waals surface area contributed by atoms with E-state index in [0.29, 0.717) is 6.04 Å². The summed E-state index contributed by atoms with van der Waals surface area (Å²) < 4.78 is 2.30. The number of nitro benzene ring substituents is 1. The molecule has 4 rings (SSSR count). The van der Waals surface area contributed by atoms with Gasteiger partial charge in [-0.3, -0.25) is 14.7 Å². The molecule has 8 heteroatoms. The molecule has 2 heterocycles. The third kappa shape index (κ3) is 3.95. The normalized spacial score (nSPS) is 19.3. The van der Waals surface area contributed by atoms with Crippen LogP contribution >= 0.6 is 11.8 Å². The highest BCUT2D eigenvalue weighted by atomic mass is 32.2. The SMILES string of the molecule is CC1CCN(c2nnc(SC(C)c3cccc([N+](=O)[O-])c3)n2C2CC2)CC1. The van der Waals surface area contributed by atoms with Gasteiger partial charge in [0.05, 0.1) is 4.92 Å². The van der Waals surface area contributed by atoms with E-state index in [9.17, 15) is 10.1 Å². The quantitative estimate of drug-likeness (QED) is 0.409. The summed E-state index contributed by atoms with van der Waals surface area (Å²) in [5.74, 6) is 1.78. The largest absolute Gasteiger partial charge is 0.341 e. The van der Waals surface area contributed by atoms with Gasteiger partial charge in [0.25, 0.3) is 5.69 Å². The topological polar surface area (TPSA) is 77.1 Å². The molecule has 1 saturated carbocycles. The van der Waals surface area contributed by atoms with Crippen molar-refractivity contribution in [2.45, 2.75) is 56.0 Å². The lowest BCUT2D eigenvalue weighted by molar-refractivity contribution is -0.384. The standard InChI is InChI=1S/C19H25N5O2S/c1-13-8-10-22(11-9-13)18-20-21-19(23(18)16-6-7-16)27-14(2)15-4-3-5-17(12-15)24(25)26/h3-5,12-14,16H,6-11H2,1-2H3. The Morgan fingerprint density at radius 1 is 1.22 bits per heavy atom. The first-order chi connectivity index (χ1) is 13.0. The Labute approximate surface area is 163 Å². The molecule has 0 N–H and O–H groups in total. The van der Waals surface area contributed by atoms with Gasteiger partial charge in [-0.25, -0.2) is 0 Å². The number of aromatic nitrogens is 3. The van der Waals surface area contributed by atoms with Crippen LogP contribution in [0.4, 0.5) is 11.6 Å². The third-order valence-corrected chi connectivity index (χ3v) is 6.57. The van der Waals surface area contributed by atoms with Gasteiger partial charge in [0, 0.05) is 36.5 Å². The minimum atomic E-state index is -0.344. The molecule has 2 aliphatic rings. The van der Waals surface area contributed by atoms with Crippen LogP contribution in [0.3, 0.4) is 0 Å². The molecule has 2 fully saturated rings. The zero-order valence-electron chi connectivity index (χ0n) is 15.7. The van der Waals surface area contributed by atoms with Crippen molar-refractivity contribution in [3.63, 3.8) is 0 Å². The Balaban J connectivity index is 1.55. The van der Waals surface area contributed by atoms with Crippen LogP contribution in [0.15, 0.2) is 29.4 Å². The van der Waals surface area contributed by atoms with Gasteiger partial charge < -0.3 is 4.90 Å². The maximum Gasteiger partial charge on any atom is 0.269 e. The summed E-state index contributed by atoms with van der Waals surface area (Å²) in [5.41, 5.74) is 1.07. The van der Waals surface area contributed by atoms with Crippen LogP contribution in [0.5, 0.6) is 0 Å². The predicted molar refractivity (Wildman–Crippen MR) is 106 cm³/mol. The zero-order chi connectivity index (χ0) is 19.0. The van der Waals surface area contributed by atoms with Gasteiger partial charge >= 0.3 is 0 Å². The number of nitro groups is 1. The smallest absolute Gasteiger partial charge is 0.269 e. The molecular weight excluding hydrogens is 362 g/mol. The van der Waals surface area contributed by atoms with Crippen molar-refractivity contribution in [2.24, 2.45) is 5.92 Å². The summed E-state index contributed by atoms with van der Waals surface area (Å²) in [7, 11) is 0. The van der Waals surface area contributed by atoms with Crippen molar-refractivity contribution >= 4 is 23.4 Å². The second-order valence-corrected chi connectivity index (χ2v) is 8.97. The molecule has 0 amide bonds. The minimum Gasteiger partial charge on any atom is -0.341 e. The van der Waals surface area contributed by atoms with Crippen LogP contribution in [-0.4, -0.2) is 32.8 Å². The summed E-state index contributed by atoms with van der Waals surface area (Å²) in [6.07, 6.45) is 4.75. The third-order valence-electron chi connectivity index (χ3n) is 5.46. The van der Waals surface area contributed by atoms with Crippen LogP contribution in [0.2, 0.25) is 0 Å². The van der Waals surface area contributed by atoms with E-state index in [1.165, 1.54) is 31.7 Å². The Morgan fingerprint density at radius 2 is 1.96 bits per heavy atom. The monoisotopic (exact) mass is 387 g/mol. The van der Waals surface area contributed by atoms with E-state index in [2.05, 4.69) is 33.5 Å². The second kappa shape index (κ2) is 7.50. The van der Waals surface area contributed by atoms with E-state index >= 15 is 0 Å². The molecule has 1 aromatic carbocycles. The summed E-state index contributed by atoms with van der Waals surface area (Å²) in [6, 6.07) is 7.37. The average molecular weight is 388 g/mol. The van der Waals surface area contributed by atoms with Crippen molar-refractivity contribution in [1.29, 1.82) is 0 Å². The summed E-state index contributed by atoms with van der Waals surface area (Å²) in [5, 5.41) is 21.1. The summed E-state index contributed by atoms with van der Waals surface area (Å²) >= 11 is 1.64. The van der Waals surface area contributed by atoms with Gasteiger partial charge in [-0.05, 0) is 44.1 Å². The fraction of sp³-hybridized carbons (Fsp3) is 0.579. The molecular formula is C19H25N5O2S. The highest BCUT2D eigenvalue weighted by molar-refractivity contribution is 7.99. The maximum atomic E-state index is 11.1. The molecule has 1 saturated heterocycles. The molecule has 1 unspecified atom stereocenters. The van der Waals surface area contributed by atoms with Gasteiger partial charge in [-0.2, -0.15) is 0 Å². The van der Waals surface area contributed by atoms with Crippen LogP contribution in [0.1, 0.15) is 56.4 Å². The summed E-state index contributed by atoms with van der Waals surface area (Å²) in [4.78, 5) is 13.1. The highest BCUT2D eigenvalue weighted by Gasteiger charge is 2.33. The van der Waals surface area contributed by atoms with Crippen molar-refractivity contribution < 1.29 is 4.92 Å². The van der Waals surface area contributed by atoms with Gasteiger partial charge in [-0.1, -0.05) is 30.8 Å². The number of thioether (sulfide) groups is 1. The van der Waals surface area contributed by atoms with Crippen LogP contribution < -0.4 is 4.90 Å². The Hall–Kier alpha value is -2.09. The Morgan fingerprint density at radius 3 is 2.63 bits per heavy atom. The van der Waals surface area contributed by atoms with Crippen LogP contribution in [-0.2, 0) is 0 Å². The molecule has 27 heavy (non-hydrogen) atoms. The van der Waals surface area contributed by atoms with Crippen molar-refractivity contribution in [3.05, 3.63) is 39.9 Å². The lowest BCUT2D eigenvalue weighted by Gasteiger charge is -2.31. The number of nitrogens with zero attached hydrogens (tertiary/aromatic N) is 5. The fourth-order valence-electron chi connectivity index (χ4n) is 3.54. The Bertz CT molecular complexity index is 827. The Kier molecular flexibility index (Phi) is 5.08. The van der Waals surface area contributed by atoms with Crippen LogP contribution in [0.25, 0.3) is 0 Å². The highest BCUT2D eigenvalue weighted by Crippen LogP contribution is 2.44. The molecule has 1 aliphatic carbocycles. The number of hydrogen-bond acceptors (Lipinski definition) is 6. The maximum absolute atomic E-state index is 11.1. The second-order valence-electron chi connectivity index (χ2n) is 7.67. The molecule has 1 atom stereocenters. The van der Waals surface area contributed by atoms with E-state index in [-0.39, 0.29) is 15.9 Å². The molecule has 0 bridgehead atoms. The predicted octanol–water partition coefficient (Wildman–Crippen LogP) is 4.61. The first kappa shape index (κ1) is 18.3. The molecule has 7 nitrogen and oxygen atoms in total. The van der Waals surface area contributed by atoms with Gasteiger partial charge in [0.15, 0.2) is 5.16 Å². The van der Waals surface area contributed by atoms with E-state index in [0.717, 1.165) is 35.7 Å². The van der Waals surface area contributed by atoms with Gasteiger partial charge in [-0.15, -0.1) is 10.2 Å². The van der Waals surface area contributed by atoms with E-state index in [1.807, 2.05) is 6.07 Å². The first-order valence-corrected chi connectivity index (χ1v) is 10.5. The lowest BCUT2D eigenvalue weighted by Crippen LogP contribution is -2.34. The molecule has 1 aromatic heterocycles. The van der Waals surface area contributed by atoms with E-state index < -0.39 is 0 Å². The molecule has 0 radical (unpaired) electrons. The number of rotatable bonds is 6. The zero-order valence-corrected chi connectivity index (χ0v) is 16.6. The van der Waals surface area contributed by atoms with Crippen molar-refractivity contribution in [3.8, 4) is 0 Å². The molecule has 2 aromatic rings. The number of piperidine rings is 1. The molecule has 1 aliphatic heterocycles. The van der Waals surface area contributed by atoms with Gasteiger partial charge in [0.1, 0.15) is 0 Å². The minimum absolute atomic E-state index is 0.0702. The summed E-state index contributed by atoms with van der Waals surface area (Å²) in [6.45, 7) is 6.46. The van der Waals surface area contributed by atoms with Gasteiger partial charge in [0.2, 0.25) is 5.95 Å². The fourth-order valence-corrected chi connectivity index (χ4v) is 4.57. The van der Waals surface area contributed by atoms with E-state index in [4.69, 9.17) is 0 Å². The van der Waals surface area contributed by atoms with Crippen LogP contribution in [0, 0.1) is 16.0 Å². The van der Waals surface area contributed by atoms with Crippen molar-refractivity contribution in [1.82, 2.24) is 14.8 Å². The van der Waals surface area contributed by atoms with Crippen molar-refractivity contribution in [2.75, 3.05) is 18.0 Å². The molecule has 0 spiro atoms. The number of anilines is 1. The number of benzene rings is 1. The average Bonchev–Trinajstić information content (AvgIpc) is 3.43. The number of hydrogen-bond donors (Lipinski definition) is 0. The number of non-ortho nitro benzene ring substituents is 1. The van der Waals surface area contributed by atoms with E-state index in [1.54, 1.807) is 23.9 Å². The molecule has 144 valence electrons. The first-order valence-electron chi connectivity index (χ1n) is 9.64.